The van der Waals surface area contributed by atoms with Gasteiger partial charge in [0.1, 0.15) is 0 Å². The summed E-state index contributed by atoms with van der Waals surface area (Å²) in [4.78, 5) is 1.37. The van der Waals surface area contributed by atoms with E-state index in [4.69, 9.17) is 0 Å². The van der Waals surface area contributed by atoms with Crippen molar-refractivity contribution in [3.8, 4) is 0 Å². The van der Waals surface area contributed by atoms with Gasteiger partial charge < -0.3 is 5.32 Å². The molecule has 2 nitrogen and oxygen atoms in total. The van der Waals surface area contributed by atoms with Crippen LogP contribution in [-0.2, 0) is 0 Å². The maximum atomic E-state index is 3.36. The molecule has 0 aromatic heterocycles. The highest BCUT2D eigenvalue weighted by Gasteiger charge is 2.21. The summed E-state index contributed by atoms with van der Waals surface area (Å²) in [6.07, 6.45) is 1.24. The number of nitrogens with one attached hydrogen (secondary N) is 1. The fourth-order valence-electron chi connectivity index (χ4n) is 2.46. The topological polar surface area (TPSA) is 15.3 Å². The molecule has 1 heterocycles. The zero-order chi connectivity index (χ0) is 12.4. The van der Waals surface area contributed by atoms with Gasteiger partial charge in [-0.2, -0.15) is 0 Å². The first kappa shape index (κ1) is 12.0. The van der Waals surface area contributed by atoms with E-state index in [-0.39, 0.29) is 0 Å². The molecule has 1 saturated heterocycles. The van der Waals surface area contributed by atoms with Gasteiger partial charge in [0.25, 0.3) is 0 Å². The monoisotopic (exact) mass is 258 g/mol. The molecule has 0 radical (unpaired) electrons. The first-order chi connectivity index (χ1) is 8.86. The van der Waals surface area contributed by atoms with Crippen LogP contribution in [0.15, 0.2) is 47.4 Å². The molecule has 1 unspecified atom stereocenters. The molecule has 1 aliphatic heterocycles. The number of fused-ring (bicyclic) bond motifs is 1. The maximum Gasteiger partial charge on any atom is 0.0308 e. The minimum Gasteiger partial charge on any atom is -0.316 e. The first-order valence-corrected chi connectivity index (χ1v) is 7.22. The van der Waals surface area contributed by atoms with Gasteiger partial charge in [-0.15, -0.1) is 0 Å². The number of hydrogen-bond donors (Lipinski definition) is 1. The lowest BCUT2D eigenvalue weighted by molar-refractivity contribution is 0.542. The summed E-state index contributed by atoms with van der Waals surface area (Å²) in [5.41, 5.74) is 0. The first-order valence-electron chi connectivity index (χ1n) is 6.45. The van der Waals surface area contributed by atoms with Crippen LogP contribution in [0, 0.1) is 0 Å². The van der Waals surface area contributed by atoms with Crippen molar-refractivity contribution in [3.63, 3.8) is 0 Å². The van der Waals surface area contributed by atoms with E-state index >= 15 is 0 Å². The summed E-state index contributed by atoms with van der Waals surface area (Å²) < 4.78 is 2.46. The van der Waals surface area contributed by atoms with E-state index in [1.165, 1.54) is 28.6 Å². The lowest BCUT2D eigenvalue weighted by Crippen LogP contribution is -2.27. The Bertz CT molecular complexity index is 536. The number of benzene rings is 2. The second-order valence-corrected chi connectivity index (χ2v) is 5.87. The minimum absolute atomic E-state index is 0.646. The average Bonchev–Trinajstić information content (AvgIpc) is 2.87. The van der Waals surface area contributed by atoms with E-state index < -0.39 is 0 Å². The van der Waals surface area contributed by atoms with E-state index in [0.717, 1.165) is 6.54 Å². The highest BCUT2D eigenvalue weighted by Crippen LogP contribution is 2.32. The van der Waals surface area contributed by atoms with Gasteiger partial charge in [0.05, 0.1) is 0 Å². The van der Waals surface area contributed by atoms with Crippen LogP contribution in [0.25, 0.3) is 10.8 Å². The molecule has 2 aromatic carbocycles. The zero-order valence-electron chi connectivity index (χ0n) is 10.6. The van der Waals surface area contributed by atoms with Crippen molar-refractivity contribution in [2.75, 3.05) is 20.1 Å². The number of hydrogen-bond acceptors (Lipinski definition) is 3. The molecule has 3 heteroatoms. The fourth-order valence-corrected chi connectivity index (χ4v) is 3.61. The molecule has 0 saturated carbocycles. The SMILES string of the molecule is CNC1CCN(Sc2cccc3ccccc23)C1. The van der Waals surface area contributed by atoms with Gasteiger partial charge >= 0.3 is 0 Å². The molecule has 0 aliphatic carbocycles. The summed E-state index contributed by atoms with van der Waals surface area (Å²) in [6.45, 7) is 2.30. The van der Waals surface area contributed by atoms with Gasteiger partial charge in [-0.3, -0.25) is 0 Å². The molecule has 1 fully saturated rings. The van der Waals surface area contributed by atoms with Crippen LogP contribution < -0.4 is 5.32 Å². The minimum atomic E-state index is 0.646. The summed E-state index contributed by atoms with van der Waals surface area (Å²) >= 11 is 1.89. The van der Waals surface area contributed by atoms with Crippen LogP contribution in [0.5, 0.6) is 0 Å². The van der Waals surface area contributed by atoms with Crippen molar-refractivity contribution in [3.05, 3.63) is 42.5 Å². The Morgan fingerprint density at radius 3 is 2.83 bits per heavy atom. The Labute approximate surface area is 113 Å². The van der Waals surface area contributed by atoms with Crippen molar-refractivity contribution >= 4 is 22.7 Å². The van der Waals surface area contributed by atoms with Gasteiger partial charge in [0, 0.05) is 24.0 Å². The largest absolute Gasteiger partial charge is 0.316 e. The molecule has 1 N–H and O–H groups in total. The molecular formula is C15H18N2S. The van der Waals surface area contributed by atoms with Crippen LogP contribution in [0.1, 0.15) is 6.42 Å². The maximum absolute atomic E-state index is 3.36. The number of likely N-dealkylation sites (N-methyl/N-ethyl adjacent to an activating group) is 1. The van der Waals surface area contributed by atoms with Crippen molar-refractivity contribution in [2.45, 2.75) is 17.4 Å². The van der Waals surface area contributed by atoms with Crippen LogP contribution in [0.4, 0.5) is 0 Å². The van der Waals surface area contributed by atoms with E-state index in [9.17, 15) is 0 Å². The Hall–Kier alpha value is -1.03. The molecule has 94 valence electrons. The normalized spacial score (nSPS) is 20.6. The average molecular weight is 258 g/mol. The van der Waals surface area contributed by atoms with Crippen molar-refractivity contribution < 1.29 is 0 Å². The summed E-state index contributed by atoms with van der Waals surface area (Å²) in [5, 5.41) is 6.05. The molecule has 1 atom stereocenters. The van der Waals surface area contributed by atoms with Gasteiger partial charge in [-0.25, -0.2) is 4.31 Å². The fraction of sp³-hybridized carbons (Fsp3) is 0.333. The van der Waals surface area contributed by atoms with Gasteiger partial charge in [-0.1, -0.05) is 36.4 Å². The van der Waals surface area contributed by atoms with Crippen molar-refractivity contribution in [1.29, 1.82) is 0 Å². The van der Waals surface area contributed by atoms with Gasteiger partial charge in [-0.05, 0) is 42.3 Å². The Morgan fingerprint density at radius 2 is 2.00 bits per heavy atom. The van der Waals surface area contributed by atoms with Crippen molar-refractivity contribution in [2.24, 2.45) is 0 Å². The number of nitrogens with zero attached hydrogens (tertiary/aromatic N) is 1. The Kier molecular flexibility index (Phi) is 3.55. The molecule has 1 aliphatic rings. The van der Waals surface area contributed by atoms with Gasteiger partial charge in [0.2, 0.25) is 0 Å². The summed E-state index contributed by atoms with van der Waals surface area (Å²) in [6, 6.07) is 15.8. The molecule has 0 amide bonds. The molecule has 3 rings (SSSR count). The third kappa shape index (κ3) is 2.39. The van der Waals surface area contributed by atoms with E-state index in [1.807, 2.05) is 11.9 Å². The molecule has 18 heavy (non-hydrogen) atoms. The predicted octanol–water partition coefficient (Wildman–Crippen LogP) is 3.14. The standard InChI is InChI=1S/C15H18N2S/c1-16-13-9-10-17(11-13)18-15-8-4-6-12-5-2-3-7-14(12)15/h2-8,13,16H,9-11H2,1H3. The second kappa shape index (κ2) is 5.31. The van der Waals surface area contributed by atoms with E-state index in [0.29, 0.717) is 6.04 Å². The molecular weight excluding hydrogens is 240 g/mol. The lowest BCUT2D eigenvalue weighted by atomic mass is 10.1. The quantitative estimate of drug-likeness (QED) is 0.852. The van der Waals surface area contributed by atoms with Crippen molar-refractivity contribution in [1.82, 2.24) is 9.62 Å². The highest BCUT2D eigenvalue weighted by atomic mass is 32.2. The summed E-state index contributed by atoms with van der Waals surface area (Å²) in [5.74, 6) is 0. The van der Waals surface area contributed by atoms with Crippen LogP contribution in [-0.4, -0.2) is 30.5 Å². The zero-order valence-corrected chi connectivity index (χ0v) is 11.4. The van der Waals surface area contributed by atoms with Crippen LogP contribution in [0.2, 0.25) is 0 Å². The Balaban J connectivity index is 1.83. The second-order valence-electron chi connectivity index (χ2n) is 4.73. The predicted molar refractivity (Wildman–Crippen MR) is 78.8 cm³/mol. The molecule has 0 bridgehead atoms. The van der Waals surface area contributed by atoms with Gasteiger partial charge in [0.15, 0.2) is 0 Å². The summed E-state index contributed by atoms with van der Waals surface area (Å²) in [7, 11) is 2.05. The van der Waals surface area contributed by atoms with E-state index in [2.05, 4.69) is 59.1 Å². The Morgan fingerprint density at radius 1 is 1.17 bits per heavy atom. The van der Waals surface area contributed by atoms with E-state index in [1.54, 1.807) is 0 Å². The molecule has 2 aromatic rings. The third-order valence-corrected chi connectivity index (χ3v) is 4.68. The third-order valence-electron chi connectivity index (χ3n) is 3.54. The lowest BCUT2D eigenvalue weighted by Gasteiger charge is -2.16. The van der Waals surface area contributed by atoms with Crippen LogP contribution >= 0.6 is 11.9 Å². The smallest absolute Gasteiger partial charge is 0.0308 e. The number of rotatable bonds is 3. The highest BCUT2D eigenvalue weighted by molar-refractivity contribution is 7.97. The molecule has 0 spiro atoms. The van der Waals surface area contributed by atoms with Crippen LogP contribution in [0.3, 0.4) is 0 Å².